The van der Waals surface area contributed by atoms with E-state index in [-0.39, 0.29) is 5.41 Å². The topological polar surface area (TPSA) is 84.8 Å². The lowest BCUT2D eigenvalue weighted by Crippen LogP contribution is -2.39. The van der Waals surface area contributed by atoms with Gasteiger partial charge in [0.2, 0.25) is 0 Å². The molecular formula is C29H43N3O4. The molecule has 0 unspecified atom stereocenters. The minimum atomic E-state index is -1.14. The Morgan fingerprint density at radius 1 is 1.14 bits per heavy atom. The minimum Gasteiger partial charge on any atom is -0.491 e. The number of aromatic nitrogens is 2. The Balaban J connectivity index is 2.18. The summed E-state index contributed by atoms with van der Waals surface area (Å²) in [5, 5.41) is 10.3. The van der Waals surface area contributed by atoms with Crippen molar-refractivity contribution in [2.75, 3.05) is 24.6 Å². The Morgan fingerprint density at radius 3 is 2.31 bits per heavy atom. The van der Waals surface area contributed by atoms with Crippen LogP contribution in [0.4, 0.5) is 5.69 Å². The number of aliphatic carboxylic acids is 1. The van der Waals surface area contributed by atoms with Crippen LogP contribution in [-0.4, -0.2) is 46.3 Å². The Hall–Kier alpha value is -2.67. The number of hydrogen-bond donors (Lipinski definition) is 1. The molecule has 1 aliphatic rings. The third kappa shape index (κ3) is 6.75. The molecule has 3 heterocycles. The standard InChI is InChI=1S/C29H43N3O4/c1-18(2)17-35-23-11-10-22(31-19(23)3)21-16-30-20(4)24(26(27(33)34)36-28(5,6)7)25(21)32-14-12-29(8,9)13-15-32/h10-11,16,18,26H,12-15,17H2,1-9H3,(H,33,34)/t26-/m0/s1. The van der Waals surface area contributed by atoms with Crippen molar-refractivity contribution in [2.45, 2.75) is 86.9 Å². The molecule has 198 valence electrons. The fourth-order valence-corrected chi connectivity index (χ4v) is 4.48. The fraction of sp³-hybridized carbons (Fsp3) is 0.621. The average Bonchev–Trinajstić information content (AvgIpc) is 2.76. The van der Waals surface area contributed by atoms with Crippen LogP contribution in [0.3, 0.4) is 0 Å². The van der Waals surface area contributed by atoms with Crippen molar-refractivity contribution in [3.05, 3.63) is 35.3 Å². The Morgan fingerprint density at radius 2 is 1.78 bits per heavy atom. The Labute approximate surface area is 216 Å². The molecule has 1 aliphatic heterocycles. The number of pyridine rings is 2. The molecule has 2 aromatic rings. The number of nitrogens with zero attached hydrogens (tertiary/aromatic N) is 3. The van der Waals surface area contributed by atoms with Crippen molar-refractivity contribution >= 4 is 11.7 Å². The molecule has 0 aliphatic carbocycles. The van der Waals surface area contributed by atoms with Crippen LogP contribution in [0.15, 0.2) is 18.3 Å². The molecule has 7 nitrogen and oxygen atoms in total. The molecule has 0 aromatic carbocycles. The number of aryl methyl sites for hydroxylation is 2. The summed E-state index contributed by atoms with van der Waals surface area (Å²) in [7, 11) is 0. The zero-order chi connectivity index (χ0) is 26.8. The lowest BCUT2D eigenvalue weighted by Gasteiger charge is -2.40. The molecule has 0 radical (unpaired) electrons. The zero-order valence-electron chi connectivity index (χ0n) is 23.4. The van der Waals surface area contributed by atoms with Gasteiger partial charge in [0.1, 0.15) is 5.75 Å². The predicted molar refractivity (Wildman–Crippen MR) is 144 cm³/mol. The third-order valence-electron chi connectivity index (χ3n) is 6.56. The molecule has 1 atom stereocenters. The summed E-state index contributed by atoms with van der Waals surface area (Å²) in [6.07, 6.45) is 2.71. The van der Waals surface area contributed by atoms with Crippen LogP contribution in [0.25, 0.3) is 11.3 Å². The highest BCUT2D eigenvalue weighted by Crippen LogP contribution is 2.43. The fourth-order valence-electron chi connectivity index (χ4n) is 4.48. The van der Waals surface area contributed by atoms with Crippen LogP contribution in [-0.2, 0) is 9.53 Å². The predicted octanol–water partition coefficient (Wildman–Crippen LogP) is 6.36. The lowest BCUT2D eigenvalue weighted by atomic mass is 9.82. The second-order valence-corrected chi connectivity index (χ2v) is 12.1. The van der Waals surface area contributed by atoms with Gasteiger partial charge in [0.25, 0.3) is 0 Å². The van der Waals surface area contributed by atoms with E-state index in [0.29, 0.717) is 23.8 Å². The van der Waals surface area contributed by atoms with Gasteiger partial charge in [-0.15, -0.1) is 0 Å². The van der Waals surface area contributed by atoms with Gasteiger partial charge in [-0.25, -0.2) is 9.78 Å². The van der Waals surface area contributed by atoms with Crippen LogP contribution in [0.5, 0.6) is 5.75 Å². The van der Waals surface area contributed by atoms with Gasteiger partial charge in [-0.05, 0) is 70.9 Å². The molecule has 1 saturated heterocycles. The molecule has 3 rings (SSSR count). The quantitative estimate of drug-likeness (QED) is 0.454. The van der Waals surface area contributed by atoms with Crippen LogP contribution in [0.2, 0.25) is 0 Å². The highest BCUT2D eigenvalue weighted by atomic mass is 16.5. The van der Waals surface area contributed by atoms with E-state index in [1.807, 2.05) is 52.9 Å². The zero-order valence-corrected chi connectivity index (χ0v) is 23.4. The van der Waals surface area contributed by atoms with Crippen molar-refractivity contribution < 1.29 is 19.4 Å². The van der Waals surface area contributed by atoms with E-state index in [4.69, 9.17) is 14.5 Å². The largest absolute Gasteiger partial charge is 0.491 e. The van der Waals surface area contributed by atoms with Crippen LogP contribution >= 0.6 is 0 Å². The summed E-state index contributed by atoms with van der Waals surface area (Å²) >= 11 is 0. The summed E-state index contributed by atoms with van der Waals surface area (Å²) in [6, 6.07) is 3.89. The van der Waals surface area contributed by atoms with Gasteiger partial charge in [0.15, 0.2) is 6.10 Å². The normalized spacial score (nSPS) is 16.8. The minimum absolute atomic E-state index is 0.247. The molecule has 7 heteroatoms. The number of hydrogen-bond acceptors (Lipinski definition) is 6. The van der Waals surface area contributed by atoms with Gasteiger partial charge in [-0.3, -0.25) is 4.98 Å². The number of piperidine rings is 1. The van der Waals surface area contributed by atoms with Crippen molar-refractivity contribution in [1.82, 2.24) is 9.97 Å². The first-order valence-electron chi connectivity index (χ1n) is 12.9. The third-order valence-corrected chi connectivity index (χ3v) is 6.56. The Bertz CT molecular complexity index is 1080. The summed E-state index contributed by atoms with van der Waals surface area (Å²) in [4.78, 5) is 24.4. The first kappa shape index (κ1) is 27.9. The van der Waals surface area contributed by atoms with E-state index in [2.05, 4.69) is 37.6 Å². The molecule has 1 fully saturated rings. The van der Waals surface area contributed by atoms with E-state index in [0.717, 1.165) is 54.3 Å². The molecule has 1 N–H and O–H groups in total. The van der Waals surface area contributed by atoms with Crippen LogP contribution < -0.4 is 9.64 Å². The van der Waals surface area contributed by atoms with Gasteiger partial charge in [-0.2, -0.15) is 0 Å². The van der Waals surface area contributed by atoms with Gasteiger partial charge in [0.05, 0.1) is 29.3 Å². The van der Waals surface area contributed by atoms with E-state index in [1.165, 1.54) is 0 Å². The van der Waals surface area contributed by atoms with E-state index in [1.54, 1.807) is 0 Å². The number of rotatable bonds is 8. The van der Waals surface area contributed by atoms with E-state index in [9.17, 15) is 9.90 Å². The maximum absolute atomic E-state index is 12.5. The number of carboxylic acids is 1. The van der Waals surface area contributed by atoms with Gasteiger partial charge < -0.3 is 19.5 Å². The highest BCUT2D eigenvalue weighted by molar-refractivity contribution is 5.85. The number of ether oxygens (including phenoxy) is 2. The van der Waals surface area contributed by atoms with E-state index >= 15 is 0 Å². The van der Waals surface area contributed by atoms with Gasteiger partial charge in [-0.1, -0.05) is 27.7 Å². The molecule has 36 heavy (non-hydrogen) atoms. The maximum Gasteiger partial charge on any atom is 0.337 e. The second-order valence-electron chi connectivity index (χ2n) is 12.1. The first-order chi connectivity index (χ1) is 16.7. The SMILES string of the molecule is Cc1nc(-c2cnc(C)c([C@H](OC(C)(C)C)C(=O)O)c2N2CCC(C)(C)CC2)ccc1OCC(C)C. The highest BCUT2D eigenvalue weighted by Gasteiger charge is 2.36. The number of carboxylic acid groups (broad SMARTS) is 1. The molecule has 0 amide bonds. The smallest absolute Gasteiger partial charge is 0.337 e. The first-order valence-corrected chi connectivity index (χ1v) is 12.9. The second kappa shape index (κ2) is 10.8. The molecule has 2 aromatic heterocycles. The van der Waals surface area contributed by atoms with Gasteiger partial charge >= 0.3 is 5.97 Å². The lowest BCUT2D eigenvalue weighted by molar-refractivity contribution is -0.160. The van der Waals surface area contributed by atoms with Crippen molar-refractivity contribution in [3.8, 4) is 17.0 Å². The summed E-state index contributed by atoms with van der Waals surface area (Å²) < 4.78 is 12.1. The average molecular weight is 498 g/mol. The number of anilines is 1. The molecular weight excluding hydrogens is 454 g/mol. The van der Waals surface area contributed by atoms with Crippen molar-refractivity contribution in [2.24, 2.45) is 11.3 Å². The summed E-state index contributed by atoms with van der Waals surface area (Å²) in [5.41, 5.74) is 4.08. The molecule has 0 saturated carbocycles. The van der Waals surface area contributed by atoms with Crippen molar-refractivity contribution in [3.63, 3.8) is 0 Å². The summed E-state index contributed by atoms with van der Waals surface area (Å²) in [5.74, 6) is 0.152. The van der Waals surface area contributed by atoms with Crippen molar-refractivity contribution in [1.29, 1.82) is 0 Å². The Kier molecular flexibility index (Phi) is 8.33. The molecule has 0 bridgehead atoms. The number of carbonyl (C=O) groups is 1. The monoisotopic (exact) mass is 497 g/mol. The van der Waals surface area contributed by atoms with Crippen LogP contribution in [0, 0.1) is 25.2 Å². The maximum atomic E-state index is 12.5. The summed E-state index contributed by atoms with van der Waals surface area (Å²) in [6.45, 7) is 20.5. The molecule has 0 spiro atoms. The van der Waals surface area contributed by atoms with Crippen LogP contribution in [0.1, 0.15) is 84.4 Å². The van der Waals surface area contributed by atoms with E-state index < -0.39 is 17.7 Å². The van der Waals surface area contributed by atoms with Gasteiger partial charge in [0, 0.05) is 36.1 Å².